The lowest BCUT2D eigenvalue weighted by molar-refractivity contribution is 0.135. The first-order chi connectivity index (χ1) is 15.1. The van der Waals surface area contributed by atoms with E-state index in [0.29, 0.717) is 26.2 Å². The number of hydrogen-bond acceptors (Lipinski definition) is 2. The van der Waals surface area contributed by atoms with Crippen molar-refractivity contribution in [3.8, 4) is 0 Å². The number of aryl methyl sites for hydroxylation is 1. The van der Waals surface area contributed by atoms with Gasteiger partial charge in [-0.1, -0.05) is 60.2 Å². The van der Waals surface area contributed by atoms with Crippen molar-refractivity contribution >= 4 is 12.1 Å². The maximum absolute atomic E-state index is 12.9. The number of urea groups is 2. The van der Waals surface area contributed by atoms with E-state index in [1.54, 1.807) is 0 Å². The van der Waals surface area contributed by atoms with Crippen molar-refractivity contribution in [1.82, 2.24) is 20.0 Å². The van der Waals surface area contributed by atoms with Gasteiger partial charge in [0.05, 0.1) is 0 Å². The lowest BCUT2D eigenvalue weighted by atomic mass is 10.0. The van der Waals surface area contributed by atoms with E-state index >= 15 is 0 Å². The summed E-state index contributed by atoms with van der Waals surface area (Å²) in [6.45, 7) is 6.33. The van der Waals surface area contributed by atoms with Gasteiger partial charge in [-0.15, -0.1) is 0 Å². The van der Waals surface area contributed by atoms with E-state index in [-0.39, 0.29) is 18.1 Å². The lowest BCUT2D eigenvalue weighted by Gasteiger charge is -2.36. The fraction of sp³-hybridized carbons (Fsp3) is 0.440. The molecule has 2 aliphatic heterocycles. The first-order valence-corrected chi connectivity index (χ1v) is 11.3. The van der Waals surface area contributed by atoms with Gasteiger partial charge in [-0.3, -0.25) is 0 Å². The average molecular weight is 421 g/mol. The van der Waals surface area contributed by atoms with Crippen LogP contribution in [-0.2, 0) is 13.0 Å². The molecule has 0 aliphatic carbocycles. The molecule has 2 saturated heterocycles. The molecule has 4 rings (SSSR count). The number of amides is 4. The van der Waals surface area contributed by atoms with Gasteiger partial charge in [0.25, 0.3) is 0 Å². The van der Waals surface area contributed by atoms with Crippen LogP contribution in [0.5, 0.6) is 0 Å². The maximum Gasteiger partial charge on any atom is 0.320 e. The summed E-state index contributed by atoms with van der Waals surface area (Å²) in [6.07, 6.45) is 2.52. The monoisotopic (exact) mass is 420 g/mol. The molecule has 31 heavy (non-hydrogen) atoms. The minimum absolute atomic E-state index is 0.00297. The lowest BCUT2D eigenvalue weighted by Crippen LogP contribution is -2.50. The highest BCUT2D eigenvalue weighted by Gasteiger charge is 2.35. The minimum atomic E-state index is 0.00297. The van der Waals surface area contributed by atoms with Crippen molar-refractivity contribution in [2.45, 2.75) is 38.8 Å². The van der Waals surface area contributed by atoms with E-state index < -0.39 is 0 Å². The van der Waals surface area contributed by atoms with Gasteiger partial charge in [0, 0.05) is 45.3 Å². The third-order valence-electron chi connectivity index (χ3n) is 6.31. The molecule has 0 bridgehead atoms. The molecule has 6 nitrogen and oxygen atoms in total. The van der Waals surface area contributed by atoms with E-state index in [0.717, 1.165) is 32.4 Å². The van der Waals surface area contributed by atoms with Crippen LogP contribution in [0.1, 0.15) is 29.5 Å². The summed E-state index contributed by atoms with van der Waals surface area (Å²) < 4.78 is 0. The fourth-order valence-electron chi connectivity index (χ4n) is 4.57. The second kappa shape index (κ2) is 9.86. The summed E-state index contributed by atoms with van der Waals surface area (Å²) in [7, 11) is 0. The number of likely N-dealkylation sites (tertiary alicyclic amines) is 1. The largest absolute Gasteiger partial charge is 0.338 e. The van der Waals surface area contributed by atoms with Gasteiger partial charge in [0.15, 0.2) is 0 Å². The standard InChI is InChI=1S/C25H32N4O2/c1-20-6-5-9-22(18-20)19-28-16-17-29(25(28)31)23-11-14-27(15-12-23)24(30)26-13-10-21-7-3-2-4-8-21/h2-9,18,23H,10-17,19H2,1H3,(H,26,30). The molecule has 0 unspecified atom stereocenters. The van der Waals surface area contributed by atoms with Gasteiger partial charge in [-0.05, 0) is 37.3 Å². The van der Waals surface area contributed by atoms with Crippen LogP contribution >= 0.6 is 0 Å². The highest BCUT2D eigenvalue weighted by Crippen LogP contribution is 2.23. The van der Waals surface area contributed by atoms with Gasteiger partial charge < -0.3 is 20.0 Å². The molecule has 2 aromatic rings. The Kier molecular flexibility index (Phi) is 6.75. The fourth-order valence-corrected chi connectivity index (χ4v) is 4.57. The maximum atomic E-state index is 12.9. The summed E-state index contributed by atoms with van der Waals surface area (Å²) in [5, 5.41) is 3.03. The van der Waals surface area contributed by atoms with Crippen molar-refractivity contribution in [3.63, 3.8) is 0 Å². The SMILES string of the molecule is Cc1cccc(CN2CCN(C3CCN(C(=O)NCCc4ccccc4)CC3)C2=O)c1. The van der Waals surface area contributed by atoms with Crippen LogP contribution in [0.4, 0.5) is 9.59 Å². The van der Waals surface area contributed by atoms with Crippen LogP contribution in [0.25, 0.3) is 0 Å². The van der Waals surface area contributed by atoms with Crippen LogP contribution in [-0.4, -0.2) is 65.5 Å². The first kappa shape index (κ1) is 21.2. The van der Waals surface area contributed by atoms with Crippen molar-refractivity contribution < 1.29 is 9.59 Å². The van der Waals surface area contributed by atoms with Crippen LogP contribution < -0.4 is 5.32 Å². The predicted octanol–water partition coefficient (Wildman–Crippen LogP) is 3.65. The van der Waals surface area contributed by atoms with Crippen LogP contribution in [0.15, 0.2) is 54.6 Å². The predicted molar refractivity (Wildman–Crippen MR) is 122 cm³/mol. The highest BCUT2D eigenvalue weighted by atomic mass is 16.2. The number of nitrogens with one attached hydrogen (secondary N) is 1. The van der Waals surface area contributed by atoms with E-state index in [2.05, 4.69) is 42.6 Å². The summed E-state index contributed by atoms with van der Waals surface area (Å²) in [5.74, 6) is 0. The quantitative estimate of drug-likeness (QED) is 0.776. The van der Waals surface area contributed by atoms with E-state index in [1.165, 1.54) is 16.7 Å². The zero-order valence-corrected chi connectivity index (χ0v) is 18.3. The molecule has 164 valence electrons. The number of hydrogen-bond donors (Lipinski definition) is 1. The van der Waals surface area contributed by atoms with Gasteiger partial charge >= 0.3 is 12.1 Å². The Balaban J connectivity index is 1.21. The average Bonchev–Trinajstić information content (AvgIpc) is 3.14. The van der Waals surface area contributed by atoms with Gasteiger partial charge in [0.2, 0.25) is 0 Å². The Bertz CT molecular complexity index is 893. The van der Waals surface area contributed by atoms with Crippen LogP contribution in [0, 0.1) is 6.92 Å². The molecule has 2 heterocycles. The molecule has 4 amide bonds. The Morgan fingerprint density at radius 1 is 0.968 bits per heavy atom. The van der Waals surface area contributed by atoms with Crippen molar-refractivity contribution in [2.75, 3.05) is 32.7 Å². The topological polar surface area (TPSA) is 55.9 Å². The third kappa shape index (κ3) is 5.37. The molecule has 0 atom stereocenters. The Morgan fingerprint density at radius 3 is 2.45 bits per heavy atom. The molecule has 0 aromatic heterocycles. The number of carbonyl (C=O) groups excluding carboxylic acids is 2. The summed E-state index contributed by atoms with van der Waals surface area (Å²) in [4.78, 5) is 31.3. The number of nitrogens with zero attached hydrogens (tertiary/aromatic N) is 3. The minimum Gasteiger partial charge on any atom is -0.338 e. The molecule has 1 N–H and O–H groups in total. The second-order valence-corrected chi connectivity index (χ2v) is 8.57. The van der Waals surface area contributed by atoms with E-state index in [9.17, 15) is 9.59 Å². The molecule has 2 aliphatic rings. The molecule has 6 heteroatoms. The number of benzene rings is 2. The molecular weight excluding hydrogens is 388 g/mol. The molecule has 0 spiro atoms. The normalized spacial score (nSPS) is 17.3. The van der Waals surface area contributed by atoms with E-state index in [1.807, 2.05) is 39.0 Å². The van der Waals surface area contributed by atoms with Gasteiger partial charge in [0.1, 0.15) is 0 Å². The summed E-state index contributed by atoms with van der Waals surface area (Å²) in [6, 6.07) is 18.9. The Hall–Kier alpha value is -3.02. The van der Waals surface area contributed by atoms with Gasteiger partial charge in [-0.2, -0.15) is 0 Å². The zero-order chi connectivity index (χ0) is 21.6. The first-order valence-electron chi connectivity index (χ1n) is 11.3. The third-order valence-corrected chi connectivity index (χ3v) is 6.31. The molecule has 0 saturated carbocycles. The smallest absolute Gasteiger partial charge is 0.320 e. The molecule has 2 aromatic carbocycles. The van der Waals surface area contributed by atoms with Crippen molar-refractivity contribution in [1.29, 1.82) is 0 Å². The van der Waals surface area contributed by atoms with Crippen molar-refractivity contribution in [2.24, 2.45) is 0 Å². The molecule has 0 radical (unpaired) electrons. The summed E-state index contributed by atoms with van der Waals surface area (Å²) >= 11 is 0. The van der Waals surface area contributed by atoms with Crippen LogP contribution in [0.2, 0.25) is 0 Å². The Labute approximate surface area is 184 Å². The number of rotatable bonds is 6. The molecular formula is C25H32N4O2. The van der Waals surface area contributed by atoms with E-state index in [4.69, 9.17) is 0 Å². The number of piperidine rings is 1. The number of carbonyl (C=O) groups is 2. The molecule has 2 fully saturated rings. The Morgan fingerprint density at radius 2 is 1.71 bits per heavy atom. The van der Waals surface area contributed by atoms with Crippen molar-refractivity contribution in [3.05, 3.63) is 71.3 Å². The second-order valence-electron chi connectivity index (χ2n) is 8.57. The van der Waals surface area contributed by atoms with Crippen LogP contribution in [0.3, 0.4) is 0 Å². The zero-order valence-electron chi connectivity index (χ0n) is 18.3. The van der Waals surface area contributed by atoms with Gasteiger partial charge in [-0.25, -0.2) is 9.59 Å². The highest BCUT2D eigenvalue weighted by molar-refractivity contribution is 5.77. The summed E-state index contributed by atoms with van der Waals surface area (Å²) in [5.41, 5.74) is 3.62.